The van der Waals surface area contributed by atoms with Crippen molar-refractivity contribution < 1.29 is 14.7 Å². The van der Waals surface area contributed by atoms with E-state index in [1.165, 1.54) is 0 Å². The lowest BCUT2D eigenvalue weighted by Crippen LogP contribution is -2.52. The maximum absolute atomic E-state index is 12.3. The first kappa shape index (κ1) is 17.7. The highest BCUT2D eigenvalue weighted by atomic mass is 16.4. The van der Waals surface area contributed by atoms with Crippen molar-refractivity contribution in [3.63, 3.8) is 0 Å². The molecule has 0 aromatic carbocycles. The number of hydrogen-bond acceptors (Lipinski definition) is 2. The molecule has 5 nitrogen and oxygen atoms in total. The Labute approximate surface area is 116 Å². The second kappa shape index (κ2) is 8.77. The Morgan fingerprint density at radius 2 is 1.63 bits per heavy atom. The summed E-state index contributed by atoms with van der Waals surface area (Å²) in [6.07, 6.45) is 2.14. The van der Waals surface area contributed by atoms with Gasteiger partial charge in [0.2, 0.25) is 0 Å². The van der Waals surface area contributed by atoms with Gasteiger partial charge >= 0.3 is 12.0 Å². The van der Waals surface area contributed by atoms with Crippen molar-refractivity contribution in [1.29, 1.82) is 0 Å². The molecular weight excluding hydrogens is 244 g/mol. The van der Waals surface area contributed by atoms with E-state index in [4.69, 9.17) is 5.11 Å². The van der Waals surface area contributed by atoms with Crippen LogP contribution in [0.3, 0.4) is 0 Å². The summed E-state index contributed by atoms with van der Waals surface area (Å²) in [5, 5.41) is 11.6. The van der Waals surface area contributed by atoms with E-state index in [1.54, 1.807) is 11.8 Å². The molecule has 19 heavy (non-hydrogen) atoms. The molecule has 1 atom stereocenters. The smallest absolute Gasteiger partial charge is 0.326 e. The highest BCUT2D eigenvalue weighted by Crippen LogP contribution is 2.12. The first-order valence-electron chi connectivity index (χ1n) is 7.17. The van der Waals surface area contributed by atoms with Gasteiger partial charge in [-0.25, -0.2) is 9.59 Å². The highest BCUT2D eigenvalue weighted by molar-refractivity contribution is 5.82. The maximum Gasteiger partial charge on any atom is 0.326 e. The number of carboxylic acid groups (broad SMARTS) is 1. The Balaban J connectivity index is 4.84. The van der Waals surface area contributed by atoms with Crippen molar-refractivity contribution in [2.24, 2.45) is 5.92 Å². The lowest BCUT2D eigenvalue weighted by Gasteiger charge is -2.33. The van der Waals surface area contributed by atoms with E-state index in [9.17, 15) is 9.59 Å². The molecule has 2 amide bonds. The summed E-state index contributed by atoms with van der Waals surface area (Å²) in [6, 6.07) is -0.915. The molecule has 5 heteroatoms. The molecule has 112 valence electrons. The van der Waals surface area contributed by atoms with Crippen LogP contribution in [-0.2, 0) is 4.79 Å². The average molecular weight is 272 g/mol. The summed E-state index contributed by atoms with van der Waals surface area (Å²) in [5.41, 5.74) is 0. The summed E-state index contributed by atoms with van der Waals surface area (Å²) in [4.78, 5) is 25.0. The standard InChI is InChI=1S/C14H28N2O3/c1-6-11(7-2)16(9-10(4)5)14(19)15-12(8-3)13(17)18/h10-12H,6-9H2,1-5H3,(H,15,19)(H,17,18). The molecule has 0 saturated heterocycles. The van der Waals surface area contributed by atoms with Gasteiger partial charge in [0.1, 0.15) is 6.04 Å². The van der Waals surface area contributed by atoms with Gasteiger partial charge in [0.15, 0.2) is 0 Å². The Kier molecular flexibility index (Phi) is 8.19. The summed E-state index contributed by atoms with van der Waals surface area (Å²) in [7, 11) is 0. The number of carbonyl (C=O) groups is 2. The Morgan fingerprint density at radius 3 is 1.95 bits per heavy atom. The Morgan fingerprint density at radius 1 is 1.11 bits per heavy atom. The van der Waals surface area contributed by atoms with Crippen LogP contribution in [0.1, 0.15) is 53.9 Å². The van der Waals surface area contributed by atoms with Crippen LogP contribution in [-0.4, -0.2) is 40.6 Å². The minimum Gasteiger partial charge on any atom is -0.480 e. The number of urea groups is 1. The maximum atomic E-state index is 12.3. The van der Waals surface area contributed by atoms with E-state index < -0.39 is 12.0 Å². The highest BCUT2D eigenvalue weighted by Gasteiger charge is 2.25. The molecule has 0 rings (SSSR count). The summed E-state index contributed by atoms with van der Waals surface area (Å²) in [6.45, 7) is 10.6. The molecular formula is C14H28N2O3. The number of hydrogen-bond donors (Lipinski definition) is 2. The van der Waals surface area contributed by atoms with E-state index in [2.05, 4.69) is 19.2 Å². The van der Waals surface area contributed by atoms with Gasteiger partial charge in [-0.05, 0) is 25.2 Å². The third-order valence-electron chi connectivity index (χ3n) is 3.21. The normalized spacial score (nSPS) is 12.6. The quantitative estimate of drug-likeness (QED) is 0.713. The molecule has 0 aliphatic heterocycles. The molecule has 0 aliphatic rings. The SMILES string of the molecule is CCC(NC(=O)N(CC(C)C)C(CC)CC)C(=O)O. The molecule has 0 spiro atoms. The fourth-order valence-corrected chi connectivity index (χ4v) is 2.09. The molecule has 0 fully saturated rings. The second-order valence-corrected chi connectivity index (χ2v) is 5.27. The lowest BCUT2D eigenvalue weighted by atomic mass is 10.1. The summed E-state index contributed by atoms with van der Waals surface area (Å²) in [5.74, 6) is -0.624. The Bertz CT molecular complexity index is 288. The lowest BCUT2D eigenvalue weighted by molar-refractivity contribution is -0.139. The van der Waals surface area contributed by atoms with Crippen LogP contribution >= 0.6 is 0 Å². The number of nitrogens with zero attached hydrogens (tertiary/aromatic N) is 1. The van der Waals surface area contributed by atoms with Gasteiger partial charge < -0.3 is 15.3 Å². The zero-order chi connectivity index (χ0) is 15.0. The van der Waals surface area contributed by atoms with Crippen LogP contribution in [0.2, 0.25) is 0 Å². The number of rotatable bonds is 8. The van der Waals surface area contributed by atoms with Crippen molar-refractivity contribution in [3.05, 3.63) is 0 Å². The molecule has 2 N–H and O–H groups in total. The number of aliphatic carboxylic acids is 1. The molecule has 0 aliphatic carbocycles. The van der Waals surface area contributed by atoms with Crippen molar-refractivity contribution in [1.82, 2.24) is 10.2 Å². The van der Waals surface area contributed by atoms with Crippen molar-refractivity contribution >= 4 is 12.0 Å². The average Bonchev–Trinajstić information content (AvgIpc) is 2.34. The number of amides is 2. The first-order chi connectivity index (χ1) is 8.87. The monoisotopic (exact) mass is 272 g/mol. The fraction of sp³-hybridized carbons (Fsp3) is 0.857. The molecule has 0 radical (unpaired) electrons. The minimum absolute atomic E-state index is 0.161. The van der Waals surface area contributed by atoms with E-state index in [-0.39, 0.29) is 12.1 Å². The van der Waals surface area contributed by atoms with Gasteiger partial charge in [-0.2, -0.15) is 0 Å². The zero-order valence-electron chi connectivity index (χ0n) is 12.8. The van der Waals surface area contributed by atoms with Crippen molar-refractivity contribution in [3.8, 4) is 0 Å². The van der Waals surface area contributed by atoms with Crippen molar-refractivity contribution in [2.75, 3.05) is 6.54 Å². The van der Waals surface area contributed by atoms with E-state index in [0.717, 1.165) is 12.8 Å². The van der Waals surface area contributed by atoms with E-state index >= 15 is 0 Å². The number of carboxylic acids is 1. The van der Waals surface area contributed by atoms with E-state index in [0.29, 0.717) is 18.9 Å². The number of nitrogens with one attached hydrogen (secondary N) is 1. The number of carbonyl (C=O) groups excluding carboxylic acids is 1. The zero-order valence-corrected chi connectivity index (χ0v) is 12.8. The third kappa shape index (κ3) is 5.94. The molecule has 0 bridgehead atoms. The van der Waals surface area contributed by atoms with Gasteiger partial charge in [-0.15, -0.1) is 0 Å². The Hall–Kier alpha value is -1.26. The molecule has 0 aromatic rings. The molecule has 1 unspecified atom stereocenters. The molecule has 0 aromatic heterocycles. The van der Waals surface area contributed by atoms with Crippen LogP contribution in [0, 0.1) is 5.92 Å². The van der Waals surface area contributed by atoms with Crippen LogP contribution in [0.5, 0.6) is 0 Å². The summed E-state index contributed by atoms with van der Waals surface area (Å²) < 4.78 is 0. The van der Waals surface area contributed by atoms with Gasteiger partial charge in [0.25, 0.3) is 0 Å². The van der Waals surface area contributed by atoms with Crippen LogP contribution < -0.4 is 5.32 Å². The largest absolute Gasteiger partial charge is 0.480 e. The molecule has 0 saturated carbocycles. The summed E-state index contributed by atoms with van der Waals surface area (Å²) >= 11 is 0. The van der Waals surface area contributed by atoms with Crippen molar-refractivity contribution in [2.45, 2.75) is 66.0 Å². The van der Waals surface area contributed by atoms with Crippen LogP contribution in [0.4, 0.5) is 4.79 Å². The topological polar surface area (TPSA) is 69.6 Å². The van der Waals surface area contributed by atoms with E-state index in [1.807, 2.05) is 13.8 Å². The van der Waals surface area contributed by atoms with Crippen LogP contribution in [0.25, 0.3) is 0 Å². The van der Waals surface area contributed by atoms with Crippen LogP contribution in [0.15, 0.2) is 0 Å². The van der Waals surface area contributed by atoms with Gasteiger partial charge in [0, 0.05) is 12.6 Å². The third-order valence-corrected chi connectivity index (χ3v) is 3.21. The van der Waals surface area contributed by atoms with Gasteiger partial charge in [0.05, 0.1) is 0 Å². The second-order valence-electron chi connectivity index (χ2n) is 5.27. The predicted molar refractivity (Wildman–Crippen MR) is 76.2 cm³/mol. The predicted octanol–water partition coefficient (Wildman–Crippen LogP) is 2.71. The first-order valence-corrected chi connectivity index (χ1v) is 7.17. The van der Waals surface area contributed by atoms with Gasteiger partial charge in [-0.3, -0.25) is 0 Å². The van der Waals surface area contributed by atoms with Gasteiger partial charge in [-0.1, -0.05) is 34.6 Å². The minimum atomic E-state index is -0.982. The molecule has 0 heterocycles. The fourth-order valence-electron chi connectivity index (χ4n) is 2.09.